The van der Waals surface area contributed by atoms with Crippen LogP contribution in [0.1, 0.15) is 61.7 Å². The maximum atomic E-state index is 13.8. The van der Waals surface area contributed by atoms with Gasteiger partial charge >= 0.3 is 0 Å². The van der Waals surface area contributed by atoms with Gasteiger partial charge in [-0.1, -0.05) is 26.0 Å². The minimum Gasteiger partial charge on any atom is -0.507 e. The van der Waals surface area contributed by atoms with Crippen LogP contribution in [-0.4, -0.2) is 34.2 Å². The van der Waals surface area contributed by atoms with Crippen molar-refractivity contribution in [2.24, 2.45) is 5.92 Å². The van der Waals surface area contributed by atoms with Crippen molar-refractivity contribution in [1.82, 2.24) is 5.32 Å². The first-order valence-corrected chi connectivity index (χ1v) is 12.1. The highest BCUT2D eigenvalue weighted by atomic mass is 16.5. The molecular weight excluding hydrogens is 474 g/mol. The van der Waals surface area contributed by atoms with Gasteiger partial charge in [-0.25, -0.2) is 0 Å². The van der Waals surface area contributed by atoms with Gasteiger partial charge in [-0.2, -0.15) is 0 Å². The molecule has 1 unspecified atom stereocenters. The van der Waals surface area contributed by atoms with E-state index in [0.29, 0.717) is 24.8 Å². The molecule has 0 aromatic heterocycles. The Kier molecular flexibility index (Phi) is 6.62. The summed E-state index contributed by atoms with van der Waals surface area (Å²) in [6.45, 7) is 11.0. The van der Waals surface area contributed by atoms with E-state index in [1.807, 2.05) is 24.3 Å². The van der Waals surface area contributed by atoms with Crippen molar-refractivity contribution in [3.8, 4) is 23.0 Å². The van der Waals surface area contributed by atoms with Crippen LogP contribution < -0.4 is 14.8 Å². The number of hydrogen-bond donors (Lipinski definition) is 3. The third kappa shape index (κ3) is 4.26. The van der Waals surface area contributed by atoms with E-state index >= 15 is 0 Å². The number of aromatic hydroxyl groups is 2. The molecule has 2 aromatic carbocycles. The topological polar surface area (TPSA) is 122 Å². The molecule has 194 valence electrons. The summed E-state index contributed by atoms with van der Waals surface area (Å²) >= 11 is 0. The number of ketones is 3. The molecule has 0 amide bonds. The Morgan fingerprint density at radius 3 is 2.35 bits per heavy atom. The van der Waals surface area contributed by atoms with E-state index in [9.17, 15) is 24.6 Å². The number of hydrogen-bond acceptors (Lipinski definition) is 8. The number of fused-ring (bicyclic) bond motifs is 3. The van der Waals surface area contributed by atoms with Gasteiger partial charge in [-0.3, -0.25) is 14.4 Å². The maximum absolute atomic E-state index is 13.8. The fraction of sp³-hybridized carbons (Fsp3) is 0.345. The van der Waals surface area contributed by atoms with Crippen LogP contribution in [0.5, 0.6) is 23.0 Å². The summed E-state index contributed by atoms with van der Waals surface area (Å²) in [5.41, 5.74) is -0.303. The lowest BCUT2D eigenvalue weighted by Crippen LogP contribution is -2.41. The number of allylic oxidation sites excluding steroid dienone is 4. The monoisotopic (exact) mass is 505 g/mol. The molecule has 0 radical (unpaired) electrons. The first-order chi connectivity index (χ1) is 17.4. The molecule has 0 bridgehead atoms. The molecule has 1 aliphatic carbocycles. The second-order valence-corrected chi connectivity index (χ2v) is 10.1. The van der Waals surface area contributed by atoms with Gasteiger partial charge < -0.3 is 25.0 Å². The lowest BCUT2D eigenvalue weighted by Gasteiger charge is -2.29. The van der Waals surface area contributed by atoms with Crippen molar-refractivity contribution >= 4 is 17.3 Å². The number of Topliss-reactive ketones (excluding diaryl/α,β-unsaturated/α-hetero) is 2. The number of ether oxygens (including phenoxy) is 2. The normalized spacial score (nSPS) is 19.7. The summed E-state index contributed by atoms with van der Waals surface area (Å²) in [6, 6.07) is 7.55. The first-order valence-electron chi connectivity index (χ1n) is 12.1. The second kappa shape index (κ2) is 9.42. The van der Waals surface area contributed by atoms with Crippen LogP contribution in [0.3, 0.4) is 0 Å². The number of benzene rings is 2. The van der Waals surface area contributed by atoms with E-state index in [4.69, 9.17) is 9.47 Å². The molecule has 0 spiro atoms. The fourth-order valence-corrected chi connectivity index (χ4v) is 4.65. The van der Waals surface area contributed by atoms with E-state index in [0.717, 1.165) is 11.3 Å². The summed E-state index contributed by atoms with van der Waals surface area (Å²) in [4.78, 5) is 39.2. The van der Waals surface area contributed by atoms with Crippen LogP contribution in [0.15, 0.2) is 47.4 Å². The van der Waals surface area contributed by atoms with E-state index in [2.05, 4.69) is 19.2 Å². The number of phenols is 2. The molecule has 2 aliphatic rings. The van der Waals surface area contributed by atoms with Crippen LogP contribution in [0, 0.1) is 12.8 Å². The molecule has 1 heterocycles. The van der Waals surface area contributed by atoms with E-state index in [1.54, 1.807) is 13.8 Å². The standard InChI is InChI=1S/C29H31NO7/c1-14(2)13-36-19-9-7-18(8-10-19)12-30-16(4)22-20(32)11-21-29(6,28(22)35)24-26(34)15(3)25(33)23(17(5)31)27(24)37-21/h7-11,14,30,33-34H,12-13H2,1-6H3. The zero-order chi connectivity index (χ0) is 27.2. The van der Waals surface area contributed by atoms with Gasteiger partial charge in [0, 0.05) is 23.9 Å². The molecule has 37 heavy (non-hydrogen) atoms. The predicted molar refractivity (Wildman–Crippen MR) is 137 cm³/mol. The Morgan fingerprint density at radius 1 is 1.11 bits per heavy atom. The first kappa shape index (κ1) is 26.0. The molecule has 1 atom stereocenters. The van der Waals surface area contributed by atoms with Crippen LogP contribution in [0.2, 0.25) is 0 Å². The summed E-state index contributed by atoms with van der Waals surface area (Å²) < 4.78 is 11.5. The molecule has 8 heteroatoms. The van der Waals surface area contributed by atoms with Gasteiger partial charge in [0.1, 0.15) is 39.7 Å². The second-order valence-electron chi connectivity index (χ2n) is 10.1. The Balaban J connectivity index is 1.67. The SMILES string of the molecule is CC(=O)c1c(O)c(C)c(O)c2c1OC1=CC(=O)C(=C(C)NCc3ccc(OCC(C)C)cc3)C(=O)C12C. The van der Waals surface area contributed by atoms with Crippen LogP contribution >= 0.6 is 0 Å². The summed E-state index contributed by atoms with van der Waals surface area (Å²) in [6.07, 6.45) is 1.21. The highest BCUT2D eigenvalue weighted by Gasteiger charge is 2.56. The van der Waals surface area contributed by atoms with Gasteiger partial charge in [0.15, 0.2) is 17.3 Å². The van der Waals surface area contributed by atoms with Crippen LogP contribution in [-0.2, 0) is 21.5 Å². The van der Waals surface area contributed by atoms with Crippen molar-refractivity contribution in [2.75, 3.05) is 6.61 Å². The zero-order valence-electron chi connectivity index (χ0n) is 21.8. The maximum Gasteiger partial charge on any atom is 0.194 e. The van der Waals surface area contributed by atoms with Crippen LogP contribution in [0.25, 0.3) is 0 Å². The Labute approximate surface area is 215 Å². The molecular formula is C29H31NO7. The number of nitrogens with one attached hydrogen (secondary N) is 1. The van der Waals surface area contributed by atoms with E-state index in [1.165, 1.54) is 19.9 Å². The Morgan fingerprint density at radius 2 is 1.76 bits per heavy atom. The number of carbonyl (C=O) groups is 3. The average Bonchev–Trinajstić information content (AvgIpc) is 3.13. The van der Waals surface area contributed by atoms with Crippen molar-refractivity contribution in [3.05, 3.63) is 69.6 Å². The van der Waals surface area contributed by atoms with Crippen molar-refractivity contribution < 1.29 is 34.1 Å². The lowest BCUT2D eigenvalue weighted by atomic mass is 9.70. The van der Waals surface area contributed by atoms with Gasteiger partial charge in [-0.15, -0.1) is 0 Å². The summed E-state index contributed by atoms with van der Waals surface area (Å²) in [5, 5.41) is 24.5. The summed E-state index contributed by atoms with van der Waals surface area (Å²) in [7, 11) is 0. The molecule has 1 aliphatic heterocycles. The third-order valence-electron chi connectivity index (χ3n) is 6.82. The van der Waals surface area contributed by atoms with E-state index < -0.39 is 28.5 Å². The van der Waals surface area contributed by atoms with Gasteiger partial charge in [-0.05, 0) is 51.3 Å². The Hall–Kier alpha value is -4.07. The smallest absolute Gasteiger partial charge is 0.194 e. The molecule has 0 fully saturated rings. The molecule has 0 saturated carbocycles. The van der Waals surface area contributed by atoms with Crippen molar-refractivity contribution in [2.45, 2.75) is 53.5 Å². The number of phenolic OH excluding ortho intramolecular Hbond substituents is 2. The fourth-order valence-electron chi connectivity index (χ4n) is 4.65. The number of carbonyl (C=O) groups excluding carboxylic acids is 3. The van der Waals surface area contributed by atoms with Gasteiger partial charge in [0.2, 0.25) is 0 Å². The minimum absolute atomic E-state index is 0.00818. The molecule has 8 nitrogen and oxygen atoms in total. The third-order valence-corrected chi connectivity index (χ3v) is 6.82. The minimum atomic E-state index is -1.54. The molecule has 4 rings (SSSR count). The molecule has 3 N–H and O–H groups in total. The molecule has 0 saturated heterocycles. The quantitative estimate of drug-likeness (QED) is 0.288. The Bertz CT molecular complexity index is 1380. The van der Waals surface area contributed by atoms with Crippen LogP contribution in [0.4, 0.5) is 0 Å². The van der Waals surface area contributed by atoms with Gasteiger partial charge in [0.25, 0.3) is 0 Å². The highest BCUT2D eigenvalue weighted by Crippen LogP contribution is 2.57. The predicted octanol–water partition coefficient (Wildman–Crippen LogP) is 4.39. The highest BCUT2D eigenvalue weighted by molar-refractivity contribution is 6.31. The van der Waals surface area contributed by atoms with Gasteiger partial charge in [0.05, 0.1) is 17.7 Å². The summed E-state index contributed by atoms with van der Waals surface area (Å²) in [5.74, 6) is -1.28. The van der Waals surface area contributed by atoms with Crippen molar-refractivity contribution in [1.29, 1.82) is 0 Å². The number of rotatable bonds is 7. The average molecular weight is 506 g/mol. The molecule has 2 aromatic rings. The zero-order valence-corrected chi connectivity index (χ0v) is 21.8. The largest absolute Gasteiger partial charge is 0.507 e. The van der Waals surface area contributed by atoms with Crippen molar-refractivity contribution in [3.63, 3.8) is 0 Å². The lowest BCUT2D eigenvalue weighted by molar-refractivity contribution is -0.123. The van der Waals surface area contributed by atoms with E-state index in [-0.39, 0.29) is 39.5 Å².